The maximum Gasteiger partial charge on any atom is 0.123 e. The van der Waals surface area contributed by atoms with E-state index in [1.54, 1.807) is 19.1 Å². The summed E-state index contributed by atoms with van der Waals surface area (Å²) < 4.78 is 12.6. The predicted molar refractivity (Wildman–Crippen MR) is 53.0 cm³/mol. The number of rotatable bonds is 3. The maximum atomic E-state index is 12.6. The lowest BCUT2D eigenvalue weighted by Crippen LogP contribution is -2.27. The standard InChI is InChI=1S/C11H13FN2/c1-8(7-13)14-9(2)10-3-5-11(12)6-4-10/h3-6,8-9,14H,1-2H3/t8?,9-/m0/s1. The van der Waals surface area contributed by atoms with Crippen LogP contribution in [0.25, 0.3) is 0 Å². The Kier molecular flexibility index (Phi) is 3.61. The van der Waals surface area contributed by atoms with Gasteiger partial charge in [-0.25, -0.2) is 4.39 Å². The average Bonchev–Trinajstić information content (AvgIpc) is 2.18. The normalized spacial score (nSPS) is 14.4. The van der Waals surface area contributed by atoms with Crippen molar-refractivity contribution in [3.05, 3.63) is 35.6 Å². The first-order valence-corrected chi connectivity index (χ1v) is 4.54. The van der Waals surface area contributed by atoms with Gasteiger partial charge in [0.25, 0.3) is 0 Å². The number of nitriles is 1. The fraction of sp³-hybridized carbons (Fsp3) is 0.364. The van der Waals surface area contributed by atoms with Gasteiger partial charge in [-0.1, -0.05) is 12.1 Å². The van der Waals surface area contributed by atoms with Crippen LogP contribution in [-0.2, 0) is 0 Å². The summed E-state index contributed by atoms with van der Waals surface area (Å²) in [5, 5.41) is 11.7. The zero-order chi connectivity index (χ0) is 10.6. The van der Waals surface area contributed by atoms with E-state index >= 15 is 0 Å². The molecule has 74 valence electrons. The van der Waals surface area contributed by atoms with E-state index in [1.165, 1.54) is 12.1 Å². The zero-order valence-corrected chi connectivity index (χ0v) is 8.29. The van der Waals surface area contributed by atoms with Gasteiger partial charge in [-0.2, -0.15) is 5.26 Å². The number of hydrogen-bond donors (Lipinski definition) is 1. The first kappa shape index (κ1) is 10.7. The van der Waals surface area contributed by atoms with Gasteiger partial charge in [-0.05, 0) is 31.5 Å². The fourth-order valence-corrected chi connectivity index (χ4v) is 1.26. The van der Waals surface area contributed by atoms with Crippen LogP contribution in [0.2, 0.25) is 0 Å². The highest BCUT2D eigenvalue weighted by Gasteiger charge is 2.07. The van der Waals surface area contributed by atoms with Crippen molar-refractivity contribution in [3.63, 3.8) is 0 Å². The fourth-order valence-electron chi connectivity index (χ4n) is 1.26. The second kappa shape index (κ2) is 4.73. The second-order valence-electron chi connectivity index (χ2n) is 3.29. The van der Waals surface area contributed by atoms with Gasteiger partial charge in [-0.3, -0.25) is 5.32 Å². The lowest BCUT2D eigenvalue weighted by atomic mass is 10.1. The minimum atomic E-state index is -0.241. The summed E-state index contributed by atoms with van der Waals surface area (Å²) in [6, 6.07) is 8.23. The molecular weight excluding hydrogens is 179 g/mol. The van der Waals surface area contributed by atoms with E-state index < -0.39 is 0 Å². The molecule has 2 atom stereocenters. The van der Waals surface area contributed by atoms with Crippen LogP contribution in [0, 0.1) is 17.1 Å². The first-order chi connectivity index (χ1) is 6.63. The molecule has 0 fully saturated rings. The van der Waals surface area contributed by atoms with Crippen molar-refractivity contribution in [2.75, 3.05) is 0 Å². The van der Waals surface area contributed by atoms with Crippen molar-refractivity contribution >= 4 is 0 Å². The summed E-state index contributed by atoms with van der Waals surface area (Å²) in [6.07, 6.45) is 0. The van der Waals surface area contributed by atoms with E-state index in [4.69, 9.17) is 5.26 Å². The molecular formula is C11H13FN2. The lowest BCUT2D eigenvalue weighted by Gasteiger charge is -2.15. The molecule has 0 aliphatic heterocycles. The molecule has 0 saturated heterocycles. The van der Waals surface area contributed by atoms with Gasteiger partial charge in [-0.15, -0.1) is 0 Å². The van der Waals surface area contributed by atoms with Gasteiger partial charge in [0, 0.05) is 6.04 Å². The molecule has 1 unspecified atom stereocenters. The Morgan fingerprint density at radius 1 is 1.29 bits per heavy atom. The highest BCUT2D eigenvalue weighted by molar-refractivity contribution is 5.19. The Bertz CT molecular complexity index is 326. The van der Waals surface area contributed by atoms with E-state index in [2.05, 4.69) is 11.4 Å². The van der Waals surface area contributed by atoms with Crippen molar-refractivity contribution in [1.82, 2.24) is 5.32 Å². The van der Waals surface area contributed by atoms with Crippen LogP contribution in [0.5, 0.6) is 0 Å². The molecule has 0 aromatic heterocycles. The number of nitrogens with zero attached hydrogens (tertiary/aromatic N) is 1. The smallest absolute Gasteiger partial charge is 0.123 e. The van der Waals surface area contributed by atoms with Gasteiger partial charge < -0.3 is 0 Å². The van der Waals surface area contributed by atoms with Crippen LogP contribution >= 0.6 is 0 Å². The molecule has 0 heterocycles. The van der Waals surface area contributed by atoms with Crippen LogP contribution in [0.1, 0.15) is 25.5 Å². The summed E-state index contributed by atoms with van der Waals surface area (Å²) in [5.41, 5.74) is 0.980. The molecule has 1 rings (SSSR count). The Morgan fingerprint density at radius 3 is 2.36 bits per heavy atom. The molecule has 1 aromatic carbocycles. The van der Waals surface area contributed by atoms with E-state index in [0.29, 0.717) is 0 Å². The number of halogens is 1. The Labute approximate surface area is 83.4 Å². The van der Waals surface area contributed by atoms with Gasteiger partial charge in [0.2, 0.25) is 0 Å². The summed E-state index contributed by atoms with van der Waals surface area (Å²) in [6.45, 7) is 3.74. The molecule has 14 heavy (non-hydrogen) atoms. The molecule has 0 aliphatic rings. The SMILES string of the molecule is CC(C#N)N[C@@H](C)c1ccc(F)cc1. The van der Waals surface area contributed by atoms with Crippen molar-refractivity contribution in [2.45, 2.75) is 25.9 Å². The molecule has 0 bridgehead atoms. The number of hydrogen-bond acceptors (Lipinski definition) is 2. The summed E-state index contributed by atoms with van der Waals surface area (Å²) in [5.74, 6) is -0.241. The minimum Gasteiger partial charge on any atom is -0.296 e. The summed E-state index contributed by atoms with van der Waals surface area (Å²) >= 11 is 0. The van der Waals surface area contributed by atoms with Crippen molar-refractivity contribution in [1.29, 1.82) is 5.26 Å². The molecule has 0 saturated carbocycles. The number of nitrogens with one attached hydrogen (secondary N) is 1. The summed E-state index contributed by atoms with van der Waals surface area (Å²) in [7, 11) is 0. The Hall–Kier alpha value is -1.40. The molecule has 1 aromatic rings. The Morgan fingerprint density at radius 2 is 1.86 bits per heavy atom. The molecule has 2 nitrogen and oxygen atoms in total. The highest BCUT2D eigenvalue weighted by Crippen LogP contribution is 2.13. The largest absolute Gasteiger partial charge is 0.296 e. The molecule has 1 N–H and O–H groups in total. The van der Waals surface area contributed by atoms with E-state index in [-0.39, 0.29) is 17.9 Å². The zero-order valence-electron chi connectivity index (χ0n) is 8.29. The number of benzene rings is 1. The minimum absolute atomic E-state index is 0.0604. The molecule has 0 radical (unpaired) electrons. The average molecular weight is 192 g/mol. The maximum absolute atomic E-state index is 12.6. The topological polar surface area (TPSA) is 35.8 Å². The van der Waals surface area contributed by atoms with Gasteiger partial charge in [0.1, 0.15) is 5.82 Å². The highest BCUT2D eigenvalue weighted by atomic mass is 19.1. The van der Waals surface area contributed by atoms with Crippen molar-refractivity contribution in [2.24, 2.45) is 0 Å². The third-order valence-electron chi connectivity index (χ3n) is 2.06. The third kappa shape index (κ3) is 2.82. The van der Waals surface area contributed by atoms with Crippen LogP contribution < -0.4 is 5.32 Å². The quantitative estimate of drug-likeness (QED) is 0.798. The second-order valence-corrected chi connectivity index (χ2v) is 3.29. The predicted octanol–water partition coefficient (Wildman–Crippen LogP) is 2.39. The van der Waals surface area contributed by atoms with Crippen LogP contribution in [-0.4, -0.2) is 6.04 Å². The van der Waals surface area contributed by atoms with E-state index in [9.17, 15) is 4.39 Å². The van der Waals surface area contributed by atoms with Crippen LogP contribution in [0.4, 0.5) is 4.39 Å². The Balaban J connectivity index is 2.66. The van der Waals surface area contributed by atoms with Crippen LogP contribution in [0.15, 0.2) is 24.3 Å². The van der Waals surface area contributed by atoms with Gasteiger partial charge in [0.15, 0.2) is 0 Å². The molecule has 3 heteroatoms. The third-order valence-corrected chi connectivity index (χ3v) is 2.06. The van der Waals surface area contributed by atoms with Crippen molar-refractivity contribution < 1.29 is 4.39 Å². The molecule has 0 spiro atoms. The molecule has 0 aliphatic carbocycles. The monoisotopic (exact) mass is 192 g/mol. The lowest BCUT2D eigenvalue weighted by molar-refractivity contribution is 0.541. The summed E-state index contributed by atoms with van der Waals surface area (Å²) in [4.78, 5) is 0. The first-order valence-electron chi connectivity index (χ1n) is 4.54. The molecule has 0 amide bonds. The van der Waals surface area contributed by atoms with E-state index in [1.807, 2.05) is 6.92 Å². The van der Waals surface area contributed by atoms with E-state index in [0.717, 1.165) is 5.56 Å². The van der Waals surface area contributed by atoms with Crippen molar-refractivity contribution in [3.8, 4) is 6.07 Å². The van der Waals surface area contributed by atoms with Gasteiger partial charge in [0.05, 0.1) is 12.1 Å². The van der Waals surface area contributed by atoms with Crippen LogP contribution in [0.3, 0.4) is 0 Å². The van der Waals surface area contributed by atoms with Gasteiger partial charge >= 0.3 is 0 Å².